The van der Waals surface area contributed by atoms with E-state index in [0.717, 1.165) is 46.4 Å². The van der Waals surface area contributed by atoms with Gasteiger partial charge in [-0.15, -0.1) is 0 Å². The molecule has 3 aromatic heterocycles. The van der Waals surface area contributed by atoms with Crippen LogP contribution in [-0.2, 0) is 11.3 Å². The van der Waals surface area contributed by atoms with Gasteiger partial charge in [-0.1, -0.05) is 18.2 Å². The van der Waals surface area contributed by atoms with E-state index in [1.54, 1.807) is 18.5 Å². The first-order valence-electron chi connectivity index (χ1n) is 10.3. The van der Waals surface area contributed by atoms with Crippen LogP contribution in [0.5, 0.6) is 0 Å². The largest absolute Gasteiger partial charge is 0.369 e. The highest BCUT2D eigenvalue weighted by molar-refractivity contribution is 6.02. The van der Waals surface area contributed by atoms with Crippen LogP contribution in [-0.4, -0.2) is 40.1 Å². The summed E-state index contributed by atoms with van der Waals surface area (Å²) in [5, 5.41) is 4.41. The molecule has 0 spiro atoms. The van der Waals surface area contributed by atoms with E-state index >= 15 is 0 Å². The van der Waals surface area contributed by atoms with Gasteiger partial charge in [0.05, 0.1) is 12.3 Å². The quantitative estimate of drug-likeness (QED) is 0.525. The number of hydrogen-bond acceptors (Lipinski definition) is 5. The lowest BCUT2D eigenvalue weighted by atomic mass is 9.99. The van der Waals surface area contributed by atoms with Gasteiger partial charge in [-0.2, -0.15) is 0 Å². The molecule has 5 rings (SSSR count). The first-order valence-corrected chi connectivity index (χ1v) is 10.3. The number of nitrogens with zero attached hydrogens (tertiary/aromatic N) is 3. The first-order chi connectivity index (χ1) is 15.2. The molecule has 1 aliphatic heterocycles. The normalized spacial score (nSPS) is 16.5. The zero-order valence-electron chi connectivity index (χ0n) is 17.0. The molecule has 0 bridgehead atoms. The van der Waals surface area contributed by atoms with Crippen LogP contribution in [0, 0.1) is 0 Å². The van der Waals surface area contributed by atoms with Crippen molar-refractivity contribution in [3.8, 4) is 11.1 Å². The molecular weight excluding hydrogens is 390 g/mol. The van der Waals surface area contributed by atoms with Crippen LogP contribution in [0.4, 0.5) is 0 Å². The average Bonchev–Trinajstić information content (AvgIpc) is 3.18. The van der Waals surface area contributed by atoms with Gasteiger partial charge in [0.2, 0.25) is 5.91 Å². The minimum atomic E-state index is -0.443. The van der Waals surface area contributed by atoms with Crippen molar-refractivity contribution < 1.29 is 9.53 Å². The number of fused-ring (bicyclic) bond motifs is 1. The topological polar surface area (TPSA) is 95.1 Å². The zero-order chi connectivity index (χ0) is 21.2. The van der Waals surface area contributed by atoms with Gasteiger partial charge in [0.1, 0.15) is 6.10 Å². The standard InChI is InChI=1S/C24H23N5O2/c25-24(30)17-5-6-18-20(15-29(21(18)11-17)14-16-3-1-7-26-12-16)19-4-2-8-28-23(19)22-13-27-9-10-31-22/h1-8,11-12,15,22,27H,9-10,13-14H2,(H2,25,30). The van der Waals surface area contributed by atoms with Gasteiger partial charge in [0.15, 0.2) is 0 Å². The predicted molar refractivity (Wildman–Crippen MR) is 119 cm³/mol. The maximum atomic E-state index is 11.8. The molecule has 0 radical (unpaired) electrons. The van der Waals surface area contributed by atoms with Gasteiger partial charge in [-0.3, -0.25) is 14.8 Å². The molecule has 4 aromatic rings. The summed E-state index contributed by atoms with van der Waals surface area (Å²) in [7, 11) is 0. The van der Waals surface area contributed by atoms with Crippen molar-refractivity contribution in [3.05, 3.63) is 84.1 Å². The second-order valence-electron chi connectivity index (χ2n) is 7.63. The highest BCUT2D eigenvalue weighted by Crippen LogP contribution is 2.36. The van der Waals surface area contributed by atoms with Gasteiger partial charge >= 0.3 is 0 Å². The van der Waals surface area contributed by atoms with Crippen molar-refractivity contribution in [1.29, 1.82) is 0 Å². The van der Waals surface area contributed by atoms with Gasteiger partial charge < -0.3 is 20.4 Å². The Hall–Kier alpha value is -3.55. The van der Waals surface area contributed by atoms with Crippen molar-refractivity contribution >= 4 is 16.8 Å². The fourth-order valence-electron chi connectivity index (χ4n) is 4.12. The highest BCUT2D eigenvalue weighted by Gasteiger charge is 2.23. The van der Waals surface area contributed by atoms with Crippen molar-refractivity contribution in [3.63, 3.8) is 0 Å². The Morgan fingerprint density at radius 3 is 2.87 bits per heavy atom. The molecule has 1 aromatic carbocycles. The van der Waals surface area contributed by atoms with Crippen LogP contribution in [0.25, 0.3) is 22.0 Å². The smallest absolute Gasteiger partial charge is 0.248 e. The van der Waals surface area contributed by atoms with E-state index in [0.29, 0.717) is 18.7 Å². The molecular formula is C24H23N5O2. The van der Waals surface area contributed by atoms with E-state index in [9.17, 15) is 4.79 Å². The van der Waals surface area contributed by atoms with E-state index in [1.165, 1.54) is 0 Å². The van der Waals surface area contributed by atoms with E-state index < -0.39 is 5.91 Å². The number of morpholine rings is 1. The number of ether oxygens (including phenoxy) is 1. The van der Waals surface area contributed by atoms with Crippen LogP contribution >= 0.6 is 0 Å². The fourth-order valence-corrected chi connectivity index (χ4v) is 4.12. The number of nitrogens with two attached hydrogens (primary N) is 1. The number of nitrogens with one attached hydrogen (secondary N) is 1. The van der Waals surface area contributed by atoms with Crippen molar-refractivity contribution in [2.24, 2.45) is 5.73 Å². The summed E-state index contributed by atoms with van der Waals surface area (Å²) in [6.45, 7) is 2.86. The summed E-state index contributed by atoms with van der Waals surface area (Å²) in [5.74, 6) is -0.443. The number of carbonyl (C=O) groups excluding carboxylic acids is 1. The Morgan fingerprint density at radius 1 is 1.19 bits per heavy atom. The van der Waals surface area contributed by atoms with Crippen LogP contribution in [0.3, 0.4) is 0 Å². The average molecular weight is 413 g/mol. The molecule has 4 heterocycles. The van der Waals surface area contributed by atoms with Crippen molar-refractivity contribution in [2.75, 3.05) is 19.7 Å². The van der Waals surface area contributed by atoms with E-state index in [4.69, 9.17) is 10.5 Å². The molecule has 1 aliphatic rings. The van der Waals surface area contributed by atoms with Crippen LogP contribution in [0.2, 0.25) is 0 Å². The molecule has 0 saturated carbocycles. The number of benzene rings is 1. The van der Waals surface area contributed by atoms with Crippen LogP contribution in [0.15, 0.2) is 67.3 Å². The van der Waals surface area contributed by atoms with Gasteiger partial charge in [0.25, 0.3) is 0 Å². The summed E-state index contributed by atoms with van der Waals surface area (Å²) >= 11 is 0. The molecule has 1 saturated heterocycles. The number of aromatic nitrogens is 3. The molecule has 3 N–H and O–H groups in total. The van der Waals surface area contributed by atoms with Crippen molar-refractivity contribution in [1.82, 2.24) is 19.9 Å². The third-order valence-electron chi connectivity index (χ3n) is 5.60. The van der Waals surface area contributed by atoms with Crippen LogP contribution in [0.1, 0.15) is 27.7 Å². The van der Waals surface area contributed by atoms with E-state index in [2.05, 4.69) is 32.1 Å². The Balaban J connectivity index is 1.67. The number of rotatable bonds is 5. The summed E-state index contributed by atoms with van der Waals surface area (Å²) in [5.41, 5.74) is 11.0. The number of primary amides is 1. The lowest BCUT2D eigenvalue weighted by Gasteiger charge is -2.24. The molecule has 7 nitrogen and oxygen atoms in total. The number of amides is 1. The van der Waals surface area contributed by atoms with Gasteiger partial charge in [-0.25, -0.2) is 0 Å². The van der Waals surface area contributed by atoms with Crippen LogP contribution < -0.4 is 11.1 Å². The van der Waals surface area contributed by atoms with Gasteiger partial charge in [-0.05, 0) is 29.8 Å². The molecule has 31 heavy (non-hydrogen) atoms. The lowest BCUT2D eigenvalue weighted by Crippen LogP contribution is -2.34. The number of hydrogen-bond donors (Lipinski definition) is 2. The highest BCUT2D eigenvalue weighted by atomic mass is 16.5. The summed E-state index contributed by atoms with van der Waals surface area (Å²) in [6, 6.07) is 13.6. The van der Waals surface area contributed by atoms with Gasteiger partial charge in [0, 0.05) is 72.0 Å². The number of carbonyl (C=O) groups is 1. The monoisotopic (exact) mass is 413 g/mol. The predicted octanol–water partition coefficient (Wildman–Crippen LogP) is 2.91. The summed E-state index contributed by atoms with van der Waals surface area (Å²) < 4.78 is 8.12. The maximum absolute atomic E-state index is 11.8. The Kier molecular flexibility index (Phi) is 5.19. The lowest BCUT2D eigenvalue weighted by molar-refractivity contribution is 0.0254. The molecule has 1 unspecified atom stereocenters. The SMILES string of the molecule is NC(=O)c1ccc2c(-c3cccnc3C3CNCCO3)cn(Cc3cccnc3)c2c1. The third kappa shape index (κ3) is 3.81. The minimum absolute atomic E-state index is 0.105. The van der Waals surface area contributed by atoms with Crippen molar-refractivity contribution in [2.45, 2.75) is 12.6 Å². The summed E-state index contributed by atoms with van der Waals surface area (Å²) in [4.78, 5) is 20.7. The number of pyridine rings is 2. The van der Waals surface area contributed by atoms with E-state index in [-0.39, 0.29) is 6.10 Å². The molecule has 1 amide bonds. The first kappa shape index (κ1) is 19.4. The molecule has 7 heteroatoms. The molecule has 1 fully saturated rings. The summed E-state index contributed by atoms with van der Waals surface area (Å²) in [6.07, 6.45) is 7.41. The molecule has 156 valence electrons. The zero-order valence-corrected chi connectivity index (χ0v) is 17.0. The second-order valence-corrected chi connectivity index (χ2v) is 7.63. The van der Waals surface area contributed by atoms with E-state index in [1.807, 2.05) is 36.5 Å². The molecule has 1 atom stereocenters. The maximum Gasteiger partial charge on any atom is 0.248 e. The third-order valence-corrected chi connectivity index (χ3v) is 5.60. The Morgan fingerprint density at radius 2 is 2.10 bits per heavy atom. The fraction of sp³-hybridized carbons (Fsp3) is 0.208. The Bertz CT molecular complexity index is 1230. The molecule has 0 aliphatic carbocycles. The minimum Gasteiger partial charge on any atom is -0.369 e. The second kappa shape index (κ2) is 8.29. The Labute approximate surface area is 179 Å².